The minimum atomic E-state index is -0.905. The van der Waals surface area contributed by atoms with Crippen molar-refractivity contribution >= 4 is 28.6 Å². The summed E-state index contributed by atoms with van der Waals surface area (Å²) in [5, 5.41) is 6.78. The van der Waals surface area contributed by atoms with Gasteiger partial charge in [-0.25, -0.2) is 9.18 Å². The van der Waals surface area contributed by atoms with Crippen LogP contribution in [0.5, 0.6) is 5.75 Å². The summed E-state index contributed by atoms with van der Waals surface area (Å²) in [6.07, 6.45) is 1.60. The largest absolute Gasteiger partial charge is 0.493 e. The summed E-state index contributed by atoms with van der Waals surface area (Å²) < 4.78 is 18.9. The molecule has 1 atom stereocenters. The molecule has 0 radical (unpaired) electrons. The van der Waals surface area contributed by atoms with Crippen LogP contribution in [0.25, 0.3) is 10.8 Å². The summed E-state index contributed by atoms with van der Waals surface area (Å²) in [6, 6.07) is 15.7. The summed E-state index contributed by atoms with van der Waals surface area (Å²) in [7, 11) is 0. The molecule has 0 fully saturated rings. The van der Waals surface area contributed by atoms with E-state index in [-0.39, 0.29) is 18.1 Å². The average molecular weight is 481 g/mol. The molecule has 0 saturated carbocycles. The number of primary amides is 1. The fraction of sp³-hybridized carbons (Fsp3) is 0.269. The minimum Gasteiger partial charge on any atom is -0.493 e. The van der Waals surface area contributed by atoms with Crippen molar-refractivity contribution in [2.45, 2.75) is 31.7 Å². The average Bonchev–Trinajstić information content (AvgIpc) is 2.82. The molecular formula is C26H29FN4O4. The van der Waals surface area contributed by atoms with Gasteiger partial charge in [-0.05, 0) is 59.9 Å². The van der Waals surface area contributed by atoms with Crippen LogP contribution in [-0.4, -0.2) is 37.0 Å². The van der Waals surface area contributed by atoms with E-state index in [1.54, 1.807) is 12.1 Å². The maximum Gasteiger partial charge on any atom is 0.318 e. The Morgan fingerprint density at radius 1 is 0.971 bits per heavy atom. The van der Waals surface area contributed by atoms with Gasteiger partial charge in [0.05, 0.1) is 19.1 Å². The Balaban J connectivity index is 1.47. The highest BCUT2D eigenvalue weighted by Gasteiger charge is 2.14. The molecular weight excluding hydrogens is 451 g/mol. The summed E-state index contributed by atoms with van der Waals surface area (Å²) in [5.74, 6) is -0.572. The van der Waals surface area contributed by atoms with Gasteiger partial charge in [0.2, 0.25) is 11.8 Å². The van der Waals surface area contributed by atoms with Gasteiger partial charge in [-0.15, -0.1) is 0 Å². The molecule has 0 heterocycles. The predicted molar refractivity (Wildman–Crippen MR) is 131 cm³/mol. The van der Waals surface area contributed by atoms with Crippen LogP contribution in [0.1, 0.15) is 24.0 Å². The second-order valence-corrected chi connectivity index (χ2v) is 8.18. The third-order valence-corrected chi connectivity index (χ3v) is 5.38. The molecule has 0 bridgehead atoms. The number of hydrogen-bond acceptors (Lipinski definition) is 5. The third-order valence-electron chi connectivity index (χ3n) is 5.38. The van der Waals surface area contributed by atoms with Gasteiger partial charge in [0.15, 0.2) is 0 Å². The van der Waals surface area contributed by atoms with Crippen molar-refractivity contribution in [2.75, 3.05) is 13.2 Å². The predicted octanol–water partition coefficient (Wildman–Crippen LogP) is 2.56. The molecule has 0 aliphatic carbocycles. The second-order valence-electron chi connectivity index (χ2n) is 8.18. The molecule has 0 aromatic heterocycles. The highest BCUT2D eigenvalue weighted by Crippen LogP contribution is 2.27. The second kappa shape index (κ2) is 12.5. The zero-order valence-corrected chi connectivity index (χ0v) is 19.3. The maximum absolute atomic E-state index is 13.0. The molecule has 3 aromatic carbocycles. The van der Waals surface area contributed by atoms with Crippen molar-refractivity contribution in [3.63, 3.8) is 0 Å². The highest BCUT2D eigenvalue weighted by molar-refractivity contribution is 5.95. The van der Waals surface area contributed by atoms with Gasteiger partial charge < -0.3 is 21.5 Å². The lowest BCUT2D eigenvalue weighted by molar-refractivity contribution is -0.122. The van der Waals surface area contributed by atoms with Crippen LogP contribution in [0.4, 0.5) is 9.18 Å². The Bertz CT molecular complexity index is 1180. The van der Waals surface area contributed by atoms with Gasteiger partial charge >= 0.3 is 6.03 Å². The summed E-state index contributed by atoms with van der Waals surface area (Å²) >= 11 is 0. The quantitative estimate of drug-likeness (QED) is 0.313. The number of hydrogen-bond donors (Lipinski definition) is 4. The standard InChI is InChI=1S/C26H29FN4O4/c27-21-9-7-17(8-10-21)13-22(28)25(33)30-11-3-4-12-35-23-15-19-6-2-1-5-18(19)14-20(23)16-24(32)31-26(29)34/h1-2,5-10,14-15,22H,3-4,11-13,16,28H2,(H,30,33)(H3,29,31,32,34)/t22-/m0/s1. The van der Waals surface area contributed by atoms with Gasteiger partial charge in [-0.3, -0.25) is 14.9 Å². The van der Waals surface area contributed by atoms with E-state index in [2.05, 4.69) is 10.6 Å². The number of nitrogens with one attached hydrogen (secondary N) is 2. The number of carbonyl (C=O) groups is 3. The number of ether oxygens (including phenoxy) is 1. The lowest BCUT2D eigenvalue weighted by Gasteiger charge is -2.14. The Morgan fingerprint density at radius 3 is 2.34 bits per heavy atom. The van der Waals surface area contributed by atoms with Gasteiger partial charge in [0.1, 0.15) is 11.6 Å². The van der Waals surface area contributed by atoms with Crippen LogP contribution < -0.4 is 26.8 Å². The topological polar surface area (TPSA) is 137 Å². The molecule has 3 rings (SSSR count). The first-order valence-electron chi connectivity index (χ1n) is 11.3. The first kappa shape index (κ1) is 25.6. The van der Waals surface area contributed by atoms with E-state index in [0.717, 1.165) is 16.3 Å². The summed E-state index contributed by atoms with van der Waals surface area (Å²) in [6.45, 7) is 0.811. The zero-order chi connectivity index (χ0) is 25.2. The van der Waals surface area contributed by atoms with E-state index < -0.39 is 18.0 Å². The van der Waals surface area contributed by atoms with Crippen LogP contribution in [0, 0.1) is 5.82 Å². The number of urea groups is 1. The van der Waals surface area contributed by atoms with E-state index in [1.807, 2.05) is 36.4 Å². The van der Waals surface area contributed by atoms with Gasteiger partial charge in [0.25, 0.3) is 0 Å². The molecule has 4 amide bonds. The number of imide groups is 1. The molecule has 8 nitrogen and oxygen atoms in total. The smallest absolute Gasteiger partial charge is 0.318 e. The van der Waals surface area contributed by atoms with Gasteiger partial charge in [-0.2, -0.15) is 0 Å². The van der Waals surface area contributed by atoms with Crippen molar-refractivity contribution in [3.8, 4) is 5.75 Å². The SMILES string of the molecule is NC(=O)NC(=O)Cc1cc2ccccc2cc1OCCCCNC(=O)[C@@H](N)Cc1ccc(F)cc1. The van der Waals surface area contributed by atoms with E-state index in [1.165, 1.54) is 12.1 Å². The molecule has 0 aliphatic heterocycles. The fourth-order valence-electron chi connectivity index (χ4n) is 3.61. The highest BCUT2D eigenvalue weighted by atomic mass is 19.1. The van der Waals surface area contributed by atoms with Crippen LogP contribution in [0.3, 0.4) is 0 Å². The number of amides is 4. The fourth-order valence-corrected chi connectivity index (χ4v) is 3.61. The lowest BCUT2D eigenvalue weighted by Crippen LogP contribution is -2.42. The van der Waals surface area contributed by atoms with Crippen LogP contribution in [0.2, 0.25) is 0 Å². The van der Waals surface area contributed by atoms with E-state index in [0.29, 0.717) is 43.7 Å². The molecule has 35 heavy (non-hydrogen) atoms. The van der Waals surface area contributed by atoms with Gasteiger partial charge in [-0.1, -0.05) is 36.4 Å². The molecule has 0 spiro atoms. The molecule has 0 aliphatic rings. The van der Waals surface area contributed by atoms with Gasteiger partial charge in [0, 0.05) is 12.1 Å². The number of halogens is 1. The molecule has 9 heteroatoms. The zero-order valence-electron chi connectivity index (χ0n) is 19.3. The van der Waals surface area contributed by atoms with E-state index >= 15 is 0 Å². The van der Waals surface area contributed by atoms with Crippen molar-refractivity contribution in [1.29, 1.82) is 0 Å². The number of rotatable bonds is 11. The van der Waals surface area contributed by atoms with Crippen LogP contribution >= 0.6 is 0 Å². The number of benzene rings is 3. The normalized spacial score (nSPS) is 11.6. The molecule has 0 saturated heterocycles. The van der Waals surface area contributed by atoms with Crippen molar-refractivity contribution < 1.29 is 23.5 Å². The Morgan fingerprint density at radius 2 is 1.66 bits per heavy atom. The minimum absolute atomic E-state index is 0.0505. The number of nitrogens with two attached hydrogens (primary N) is 2. The Kier molecular flexibility index (Phi) is 9.14. The number of fused-ring (bicyclic) bond motifs is 1. The molecule has 6 N–H and O–H groups in total. The number of unbranched alkanes of at least 4 members (excludes halogenated alkanes) is 1. The molecule has 0 unspecified atom stereocenters. The molecule has 184 valence electrons. The Labute approximate surface area is 202 Å². The van der Waals surface area contributed by atoms with Crippen molar-refractivity contribution in [3.05, 3.63) is 77.6 Å². The summed E-state index contributed by atoms with van der Waals surface area (Å²) in [5.41, 5.74) is 12.4. The Hall–Kier alpha value is -3.98. The first-order valence-corrected chi connectivity index (χ1v) is 11.3. The number of carbonyl (C=O) groups excluding carboxylic acids is 3. The van der Waals surface area contributed by atoms with E-state index in [9.17, 15) is 18.8 Å². The lowest BCUT2D eigenvalue weighted by atomic mass is 10.0. The molecule has 3 aromatic rings. The first-order chi connectivity index (χ1) is 16.8. The van der Waals surface area contributed by atoms with Crippen LogP contribution in [0.15, 0.2) is 60.7 Å². The van der Waals surface area contributed by atoms with Crippen molar-refractivity contribution in [1.82, 2.24) is 10.6 Å². The van der Waals surface area contributed by atoms with E-state index in [4.69, 9.17) is 16.2 Å². The van der Waals surface area contributed by atoms with Crippen molar-refractivity contribution in [2.24, 2.45) is 11.5 Å². The third kappa shape index (κ3) is 8.08. The monoisotopic (exact) mass is 480 g/mol. The van der Waals surface area contributed by atoms with Crippen LogP contribution in [-0.2, 0) is 22.4 Å². The maximum atomic E-state index is 13.0. The summed E-state index contributed by atoms with van der Waals surface area (Å²) in [4.78, 5) is 35.2.